The van der Waals surface area contributed by atoms with Crippen LogP contribution in [-0.4, -0.2) is 23.2 Å². The highest BCUT2D eigenvalue weighted by atomic mass is 32.1. The first kappa shape index (κ1) is 9.06. The zero-order chi connectivity index (χ0) is 10.1. The molecule has 4 nitrogen and oxygen atoms in total. The molecule has 3 rings (SSSR count). The average Bonchev–Trinajstić information content (AvgIpc) is 3.02. The standard InChI is InChI=1S/C10H11N3OS/c1-3-11-5-7(1)9-12-10(14-13-9)8-2-4-15-6-8/h2,4,6-7,11H,1,3,5H2/t7-/m1/s1. The van der Waals surface area contributed by atoms with Crippen LogP contribution in [0.15, 0.2) is 21.3 Å². The number of nitrogens with one attached hydrogen (secondary N) is 1. The van der Waals surface area contributed by atoms with E-state index in [1.54, 1.807) is 11.3 Å². The number of rotatable bonds is 2. The Morgan fingerprint density at radius 1 is 1.53 bits per heavy atom. The third kappa shape index (κ3) is 1.68. The van der Waals surface area contributed by atoms with Crippen LogP contribution >= 0.6 is 11.3 Å². The first-order chi connectivity index (χ1) is 7.43. The average molecular weight is 221 g/mol. The van der Waals surface area contributed by atoms with Crippen LogP contribution in [0.1, 0.15) is 18.2 Å². The molecule has 0 unspecified atom stereocenters. The Hall–Kier alpha value is -1.20. The number of aromatic nitrogens is 2. The van der Waals surface area contributed by atoms with Crippen LogP contribution < -0.4 is 5.32 Å². The highest BCUT2D eigenvalue weighted by Gasteiger charge is 2.22. The van der Waals surface area contributed by atoms with Crippen molar-refractivity contribution in [3.05, 3.63) is 22.7 Å². The normalized spacial score (nSPS) is 20.9. The molecule has 1 fully saturated rings. The van der Waals surface area contributed by atoms with Gasteiger partial charge < -0.3 is 9.84 Å². The van der Waals surface area contributed by atoms with Crippen LogP contribution in [0.5, 0.6) is 0 Å². The first-order valence-electron chi connectivity index (χ1n) is 5.00. The monoisotopic (exact) mass is 221 g/mol. The molecule has 1 aliphatic heterocycles. The molecule has 1 atom stereocenters. The summed E-state index contributed by atoms with van der Waals surface area (Å²) < 4.78 is 5.24. The van der Waals surface area contributed by atoms with E-state index in [4.69, 9.17) is 4.52 Å². The van der Waals surface area contributed by atoms with E-state index in [1.807, 2.05) is 16.8 Å². The fourth-order valence-electron chi connectivity index (χ4n) is 1.78. The summed E-state index contributed by atoms with van der Waals surface area (Å²) >= 11 is 1.64. The molecule has 3 heterocycles. The van der Waals surface area contributed by atoms with Gasteiger partial charge in [0.2, 0.25) is 0 Å². The summed E-state index contributed by atoms with van der Waals surface area (Å²) in [7, 11) is 0. The molecular formula is C10H11N3OS. The molecule has 0 spiro atoms. The van der Waals surface area contributed by atoms with Crippen molar-refractivity contribution in [1.82, 2.24) is 15.5 Å². The van der Waals surface area contributed by atoms with Crippen LogP contribution in [0.2, 0.25) is 0 Å². The summed E-state index contributed by atoms with van der Waals surface area (Å²) in [6, 6.07) is 1.99. The van der Waals surface area contributed by atoms with Crippen LogP contribution in [0.3, 0.4) is 0 Å². The third-order valence-electron chi connectivity index (χ3n) is 2.64. The predicted octanol–water partition coefficient (Wildman–Crippen LogP) is 1.87. The van der Waals surface area contributed by atoms with Crippen LogP contribution in [0, 0.1) is 0 Å². The van der Waals surface area contributed by atoms with Gasteiger partial charge in [0.05, 0.1) is 5.56 Å². The van der Waals surface area contributed by atoms with Gasteiger partial charge in [0.1, 0.15) is 0 Å². The summed E-state index contributed by atoms with van der Waals surface area (Å²) in [5.41, 5.74) is 1.02. The van der Waals surface area contributed by atoms with Gasteiger partial charge in [0.25, 0.3) is 5.89 Å². The zero-order valence-corrected chi connectivity index (χ0v) is 8.96. The molecule has 0 amide bonds. The molecule has 0 aliphatic carbocycles. The zero-order valence-electron chi connectivity index (χ0n) is 8.14. The molecule has 15 heavy (non-hydrogen) atoms. The van der Waals surface area contributed by atoms with Gasteiger partial charge in [-0.15, -0.1) is 0 Å². The maximum atomic E-state index is 5.24. The van der Waals surface area contributed by atoms with Crippen molar-refractivity contribution in [1.29, 1.82) is 0 Å². The van der Waals surface area contributed by atoms with Gasteiger partial charge in [-0.3, -0.25) is 0 Å². The van der Waals surface area contributed by atoms with E-state index in [9.17, 15) is 0 Å². The van der Waals surface area contributed by atoms with Gasteiger partial charge in [-0.2, -0.15) is 16.3 Å². The van der Waals surface area contributed by atoms with E-state index in [1.165, 1.54) is 0 Å². The molecule has 2 aromatic heterocycles. The first-order valence-corrected chi connectivity index (χ1v) is 5.94. The lowest BCUT2D eigenvalue weighted by Gasteiger charge is -1.98. The van der Waals surface area contributed by atoms with Crippen molar-refractivity contribution in [3.63, 3.8) is 0 Å². The molecule has 2 aromatic rings. The van der Waals surface area contributed by atoms with Crippen molar-refractivity contribution in [3.8, 4) is 11.5 Å². The lowest BCUT2D eigenvalue weighted by Crippen LogP contribution is -2.08. The molecule has 0 radical (unpaired) electrons. The molecule has 5 heteroatoms. The Morgan fingerprint density at radius 2 is 2.53 bits per heavy atom. The third-order valence-corrected chi connectivity index (χ3v) is 3.32. The lowest BCUT2D eigenvalue weighted by molar-refractivity contribution is 0.417. The van der Waals surface area contributed by atoms with Crippen LogP contribution in [0.25, 0.3) is 11.5 Å². The van der Waals surface area contributed by atoms with Gasteiger partial charge in [0.15, 0.2) is 5.82 Å². The summed E-state index contributed by atoms with van der Waals surface area (Å²) in [5, 5.41) is 11.4. The number of hydrogen-bond donors (Lipinski definition) is 1. The predicted molar refractivity (Wildman–Crippen MR) is 57.8 cm³/mol. The molecule has 1 saturated heterocycles. The second-order valence-corrected chi connectivity index (χ2v) is 4.44. The SMILES string of the molecule is c1cc(-c2nc([C@@H]3CCNC3)no2)cs1. The topological polar surface area (TPSA) is 51.0 Å². The van der Waals surface area contributed by atoms with Crippen LogP contribution in [-0.2, 0) is 0 Å². The van der Waals surface area contributed by atoms with Gasteiger partial charge in [0, 0.05) is 17.8 Å². The fourth-order valence-corrected chi connectivity index (χ4v) is 2.41. The Bertz CT molecular complexity index is 431. The Kier molecular flexibility index (Phi) is 2.26. The molecule has 78 valence electrons. The Morgan fingerprint density at radius 3 is 3.27 bits per heavy atom. The highest BCUT2D eigenvalue weighted by molar-refractivity contribution is 7.08. The molecular weight excluding hydrogens is 210 g/mol. The minimum Gasteiger partial charge on any atom is -0.334 e. The van der Waals surface area contributed by atoms with Crippen LogP contribution in [0.4, 0.5) is 0 Å². The fraction of sp³-hybridized carbons (Fsp3) is 0.400. The summed E-state index contributed by atoms with van der Waals surface area (Å²) in [5.74, 6) is 1.89. The maximum absolute atomic E-state index is 5.24. The van der Waals surface area contributed by atoms with E-state index in [-0.39, 0.29) is 0 Å². The molecule has 1 aliphatic rings. The van der Waals surface area contributed by atoms with Gasteiger partial charge in [-0.1, -0.05) is 5.16 Å². The highest BCUT2D eigenvalue weighted by Crippen LogP contribution is 2.24. The smallest absolute Gasteiger partial charge is 0.258 e. The summed E-state index contributed by atoms with van der Waals surface area (Å²) in [4.78, 5) is 4.42. The quantitative estimate of drug-likeness (QED) is 0.841. The van der Waals surface area contributed by atoms with Gasteiger partial charge >= 0.3 is 0 Å². The minimum atomic E-state index is 0.418. The Balaban J connectivity index is 1.87. The summed E-state index contributed by atoms with van der Waals surface area (Å²) in [6.45, 7) is 2.01. The van der Waals surface area contributed by atoms with Crippen molar-refractivity contribution < 1.29 is 4.52 Å². The molecule has 0 aromatic carbocycles. The van der Waals surface area contributed by atoms with E-state index in [0.717, 1.165) is 30.9 Å². The second-order valence-electron chi connectivity index (χ2n) is 3.66. The lowest BCUT2D eigenvalue weighted by atomic mass is 10.1. The van der Waals surface area contributed by atoms with Gasteiger partial charge in [-0.05, 0) is 24.4 Å². The minimum absolute atomic E-state index is 0.418. The molecule has 1 N–H and O–H groups in total. The van der Waals surface area contributed by atoms with Crippen molar-refractivity contribution >= 4 is 11.3 Å². The number of hydrogen-bond acceptors (Lipinski definition) is 5. The van der Waals surface area contributed by atoms with E-state index < -0.39 is 0 Å². The molecule has 0 saturated carbocycles. The van der Waals surface area contributed by atoms with Crippen molar-refractivity contribution in [2.75, 3.05) is 13.1 Å². The van der Waals surface area contributed by atoms with E-state index in [2.05, 4.69) is 15.5 Å². The second kappa shape index (κ2) is 3.75. The Labute approximate surface area is 91.3 Å². The van der Waals surface area contributed by atoms with Gasteiger partial charge in [-0.25, -0.2) is 0 Å². The van der Waals surface area contributed by atoms with E-state index in [0.29, 0.717) is 11.8 Å². The number of thiophene rings is 1. The molecule has 0 bridgehead atoms. The number of nitrogens with zero attached hydrogens (tertiary/aromatic N) is 2. The van der Waals surface area contributed by atoms with Crippen molar-refractivity contribution in [2.24, 2.45) is 0 Å². The van der Waals surface area contributed by atoms with E-state index >= 15 is 0 Å². The largest absolute Gasteiger partial charge is 0.334 e. The summed E-state index contributed by atoms with van der Waals surface area (Å²) in [6.07, 6.45) is 1.10. The van der Waals surface area contributed by atoms with Crippen molar-refractivity contribution in [2.45, 2.75) is 12.3 Å². The maximum Gasteiger partial charge on any atom is 0.258 e.